The summed E-state index contributed by atoms with van der Waals surface area (Å²) in [6.45, 7) is 4.17. The molecule has 3 aromatic rings. The minimum absolute atomic E-state index is 0.00297. The van der Waals surface area contributed by atoms with Crippen LogP contribution >= 0.6 is 0 Å². The number of carboxylic acids is 1. The van der Waals surface area contributed by atoms with Gasteiger partial charge in [0.25, 0.3) is 5.56 Å². The first-order chi connectivity index (χ1) is 11.5. The Morgan fingerprint density at radius 3 is 2.58 bits per heavy atom. The van der Waals surface area contributed by atoms with Crippen molar-refractivity contribution in [3.63, 3.8) is 0 Å². The fraction of sp³-hybridized carbons (Fsp3) is 0.294. The summed E-state index contributed by atoms with van der Waals surface area (Å²) in [6, 6.07) is 7.88. The van der Waals surface area contributed by atoms with Crippen LogP contribution in [0, 0.1) is 13.8 Å². The third kappa shape index (κ3) is 2.92. The molecule has 0 atom stereocenters. The molecule has 0 saturated carbocycles. The highest BCUT2D eigenvalue weighted by atomic mass is 16.4. The molecule has 0 bridgehead atoms. The van der Waals surface area contributed by atoms with Crippen molar-refractivity contribution in [3.8, 4) is 5.69 Å². The van der Waals surface area contributed by atoms with E-state index in [4.69, 9.17) is 5.11 Å². The first-order valence-corrected chi connectivity index (χ1v) is 7.71. The van der Waals surface area contributed by atoms with Crippen molar-refractivity contribution in [3.05, 3.63) is 52.1 Å². The van der Waals surface area contributed by atoms with Gasteiger partial charge in [-0.15, -0.1) is 0 Å². The fourth-order valence-electron chi connectivity index (χ4n) is 2.61. The summed E-state index contributed by atoms with van der Waals surface area (Å²) < 4.78 is 3.01. The number of aromatic nitrogens is 4. The molecule has 124 valence electrons. The molecule has 2 aromatic heterocycles. The topological polar surface area (TPSA) is 90.0 Å². The average molecular weight is 326 g/mol. The van der Waals surface area contributed by atoms with Gasteiger partial charge in [-0.05, 0) is 32.4 Å². The monoisotopic (exact) mass is 326 g/mol. The van der Waals surface area contributed by atoms with Crippen LogP contribution in [-0.4, -0.2) is 30.6 Å². The maximum Gasteiger partial charge on any atom is 0.303 e. The van der Waals surface area contributed by atoms with E-state index >= 15 is 0 Å². The Morgan fingerprint density at radius 2 is 1.92 bits per heavy atom. The van der Waals surface area contributed by atoms with Crippen LogP contribution in [0.4, 0.5) is 0 Å². The second-order valence-electron chi connectivity index (χ2n) is 5.77. The summed E-state index contributed by atoms with van der Waals surface area (Å²) in [6.07, 6.45) is 1.97. The molecule has 0 radical (unpaired) electrons. The number of rotatable bonds is 5. The Labute approximate surface area is 138 Å². The van der Waals surface area contributed by atoms with Gasteiger partial charge in [-0.1, -0.05) is 17.7 Å². The number of aryl methyl sites for hydroxylation is 3. The molecule has 7 nitrogen and oxygen atoms in total. The van der Waals surface area contributed by atoms with E-state index in [0.717, 1.165) is 16.9 Å². The van der Waals surface area contributed by atoms with Gasteiger partial charge < -0.3 is 5.11 Å². The Kier molecular flexibility index (Phi) is 4.16. The van der Waals surface area contributed by atoms with E-state index in [1.807, 2.05) is 38.1 Å². The van der Waals surface area contributed by atoms with Gasteiger partial charge in [0.2, 0.25) is 0 Å². The van der Waals surface area contributed by atoms with E-state index in [9.17, 15) is 9.59 Å². The number of benzene rings is 1. The number of aliphatic carboxylic acids is 1. The van der Waals surface area contributed by atoms with Crippen LogP contribution < -0.4 is 5.56 Å². The van der Waals surface area contributed by atoms with Crippen molar-refractivity contribution >= 4 is 16.9 Å². The van der Waals surface area contributed by atoms with Crippen LogP contribution in [0.15, 0.2) is 35.3 Å². The standard InChI is InChI=1S/C17H18N4O3/c1-11-5-7-13(8-6-11)21-12(2)14-10-18-20(9-3-4-15(22)23)17(24)16(14)19-21/h5-8,10H,3-4,9H2,1-2H3,(H,22,23). The van der Waals surface area contributed by atoms with Gasteiger partial charge in [0.05, 0.1) is 17.6 Å². The molecular formula is C17H18N4O3. The van der Waals surface area contributed by atoms with E-state index in [1.54, 1.807) is 10.9 Å². The summed E-state index contributed by atoms with van der Waals surface area (Å²) in [4.78, 5) is 23.1. The molecule has 0 unspecified atom stereocenters. The predicted molar refractivity (Wildman–Crippen MR) is 89.5 cm³/mol. The summed E-state index contributed by atoms with van der Waals surface area (Å²) in [5.41, 5.74) is 2.92. The molecule has 0 saturated heterocycles. The molecule has 2 heterocycles. The molecule has 0 aliphatic carbocycles. The second kappa shape index (κ2) is 6.27. The largest absolute Gasteiger partial charge is 0.481 e. The lowest BCUT2D eigenvalue weighted by molar-refractivity contribution is -0.137. The Bertz CT molecular complexity index is 954. The van der Waals surface area contributed by atoms with Crippen molar-refractivity contribution < 1.29 is 9.90 Å². The number of carboxylic acid groups (broad SMARTS) is 1. The summed E-state index contributed by atoms with van der Waals surface area (Å²) in [7, 11) is 0. The van der Waals surface area contributed by atoms with E-state index in [0.29, 0.717) is 17.3 Å². The summed E-state index contributed by atoms with van der Waals surface area (Å²) in [5, 5.41) is 18.0. The molecular weight excluding hydrogens is 308 g/mol. The van der Waals surface area contributed by atoms with Crippen molar-refractivity contribution in [2.75, 3.05) is 0 Å². The first kappa shape index (κ1) is 15.9. The molecule has 3 rings (SSSR count). The number of hydrogen-bond acceptors (Lipinski definition) is 4. The predicted octanol–water partition coefficient (Wildman–Crippen LogP) is 2.06. The van der Waals surface area contributed by atoms with E-state index in [1.165, 1.54) is 4.68 Å². The maximum atomic E-state index is 12.5. The SMILES string of the molecule is Cc1ccc(-n2nc3c(=O)n(CCCC(=O)O)ncc3c2C)cc1. The smallest absolute Gasteiger partial charge is 0.303 e. The quantitative estimate of drug-likeness (QED) is 0.775. The highest BCUT2D eigenvalue weighted by Gasteiger charge is 2.14. The van der Waals surface area contributed by atoms with Gasteiger partial charge in [0, 0.05) is 18.4 Å². The molecule has 0 aliphatic rings. The van der Waals surface area contributed by atoms with Crippen LogP contribution in [0.5, 0.6) is 0 Å². The lowest BCUT2D eigenvalue weighted by Crippen LogP contribution is -2.23. The molecule has 24 heavy (non-hydrogen) atoms. The van der Waals surface area contributed by atoms with Gasteiger partial charge in [-0.25, -0.2) is 9.36 Å². The van der Waals surface area contributed by atoms with Gasteiger partial charge >= 0.3 is 5.97 Å². The molecule has 0 amide bonds. The Hall–Kier alpha value is -2.96. The zero-order valence-corrected chi connectivity index (χ0v) is 13.6. The normalized spacial score (nSPS) is 11.1. The second-order valence-corrected chi connectivity index (χ2v) is 5.77. The fourth-order valence-corrected chi connectivity index (χ4v) is 2.61. The number of hydrogen-bond donors (Lipinski definition) is 1. The molecule has 1 N–H and O–H groups in total. The molecule has 7 heteroatoms. The highest BCUT2D eigenvalue weighted by molar-refractivity contribution is 5.80. The first-order valence-electron chi connectivity index (χ1n) is 7.71. The van der Waals surface area contributed by atoms with Gasteiger partial charge in [-0.2, -0.15) is 10.2 Å². The maximum absolute atomic E-state index is 12.5. The van der Waals surface area contributed by atoms with Crippen LogP contribution in [0.25, 0.3) is 16.6 Å². The van der Waals surface area contributed by atoms with Crippen LogP contribution in [-0.2, 0) is 11.3 Å². The minimum Gasteiger partial charge on any atom is -0.481 e. The Morgan fingerprint density at radius 1 is 1.21 bits per heavy atom. The molecule has 0 aliphatic heterocycles. The lowest BCUT2D eigenvalue weighted by Gasteiger charge is -2.04. The van der Waals surface area contributed by atoms with E-state index in [2.05, 4.69) is 10.2 Å². The van der Waals surface area contributed by atoms with Crippen LogP contribution in [0.3, 0.4) is 0 Å². The molecule has 1 aromatic carbocycles. The van der Waals surface area contributed by atoms with E-state index in [-0.39, 0.29) is 18.5 Å². The highest BCUT2D eigenvalue weighted by Crippen LogP contribution is 2.18. The number of nitrogens with zero attached hydrogens (tertiary/aromatic N) is 4. The minimum atomic E-state index is -0.886. The zero-order chi connectivity index (χ0) is 17.3. The van der Waals surface area contributed by atoms with Crippen LogP contribution in [0.2, 0.25) is 0 Å². The Balaban J connectivity index is 2.01. The lowest BCUT2D eigenvalue weighted by atomic mass is 10.2. The van der Waals surface area contributed by atoms with Crippen LogP contribution in [0.1, 0.15) is 24.1 Å². The van der Waals surface area contributed by atoms with Crippen molar-refractivity contribution in [1.29, 1.82) is 0 Å². The number of fused-ring (bicyclic) bond motifs is 1. The molecule has 0 spiro atoms. The third-order valence-electron chi connectivity index (χ3n) is 3.96. The average Bonchev–Trinajstić information content (AvgIpc) is 2.88. The van der Waals surface area contributed by atoms with Gasteiger partial charge in [0.1, 0.15) is 0 Å². The molecule has 0 fully saturated rings. The van der Waals surface area contributed by atoms with Crippen molar-refractivity contribution in [2.24, 2.45) is 0 Å². The third-order valence-corrected chi connectivity index (χ3v) is 3.96. The van der Waals surface area contributed by atoms with Crippen molar-refractivity contribution in [1.82, 2.24) is 19.6 Å². The van der Waals surface area contributed by atoms with Gasteiger partial charge in [0.15, 0.2) is 5.52 Å². The summed E-state index contributed by atoms with van der Waals surface area (Å²) >= 11 is 0. The van der Waals surface area contributed by atoms with Gasteiger partial charge in [-0.3, -0.25) is 9.59 Å². The van der Waals surface area contributed by atoms with Crippen molar-refractivity contribution in [2.45, 2.75) is 33.2 Å². The summed E-state index contributed by atoms with van der Waals surface area (Å²) in [5.74, 6) is -0.886. The van der Waals surface area contributed by atoms with E-state index < -0.39 is 5.97 Å². The zero-order valence-electron chi connectivity index (χ0n) is 13.6. The number of carbonyl (C=O) groups is 1.